The fourth-order valence-electron chi connectivity index (χ4n) is 2.25. The molecule has 0 aromatic rings. The molecule has 1 heterocycles. The number of methoxy groups -OCH3 is 1. The molecule has 0 aromatic heterocycles. The predicted octanol–water partition coefficient (Wildman–Crippen LogP) is 0.134. The maximum atomic E-state index is 11.4. The fourth-order valence-corrected chi connectivity index (χ4v) is 2.25. The van der Waals surface area contributed by atoms with Gasteiger partial charge in [-0.1, -0.05) is 6.92 Å². The molecule has 16 heavy (non-hydrogen) atoms. The number of amides is 1. The molecule has 1 aliphatic heterocycles. The third-order valence-electron chi connectivity index (χ3n) is 3.44. The van der Waals surface area contributed by atoms with E-state index in [9.17, 15) is 9.59 Å². The van der Waals surface area contributed by atoms with Crippen LogP contribution in [-0.2, 0) is 14.3 Å². The van der Waals surface area contributed by atoms with Crippen molar-refractivity contribution in [3.63, 3.8) is 0 Å². The lowest BCUT2D eigenvalue weighted by Crippen LogP contribution is -2.48. The van der Waals surface area contributed by atoms with Gasteiger partial charge in [-0.25, -0.2) is 0 Å². The van der Waals surface area contributed by atoms with Gasteiger partial charge in [-0.3, -0.25) is 14.5 Å². The number of nitrogens with two attached hydrogens (primary N) is 1. The van der Waals surface area contributed by atoms with Crippen molar-refractivity contribution in [3.8, 4) is 0 Å². The van der Waals surface area contributed by atoms with E-state index in [4.69, 9.17) is 10.5 Å². The molecular formula is C11H20N2O3. The summed E-state index contributed by atoms with van der Waals surface area (Å²) in [5, 5.41) is 0. The molecule has 3 atom stereocenters. The van der Waals surface area contributed by atoms with Crippen LogP contribution in [-0.4, -0.2) is 42.5 Å². The van der Waals surface area contributed by atoms with Crippen LogP contribution in [0.1, 0.15) is 26.7 Å². The van der Waals surface area contributed by atoms with Crippen molar-refractivity contribution >= 4 is 11.9 Å². The first kappa shape index (κ1) is 13.0. The predicted molar refractivity (Wildman–Crippen MR) is 59.6 cm³/mol. The van der Waals surface area contributed by atoms with Crippen LogP contribution in [0.25, 0.3) is 0 Å². The average Bonchev–Trinajstić information content (AvgIpc) is 2.74. The van der Waals surface area contributed by atoms with Gasteiger partial charge < -0.3 is 10.5 Å². The van der Waals surface area contributed by atoms with Gasteiger partial charge in [-0.15, -0.1) is 0 Å². The first-order valence-electron chi connectivity index (χ1n) is 5.62. The van der Waals surface area contributed by atoms with Gasteiger partial charge in [0.1, 0.15) is 0 Å². The van der Waals surface area contributed by atoms with Crippen molar-refractivity contribution in [3.05, 3.63) is 0 Å². The molecule has 1 fully saturated rings. The van der Waals surface area contributed by atoms with Gasteiger partial charge in [0.05, 0.1) is 19.1 Å². The Morgan fingerprint density at radius 3 is 2.56 bits per heavy atom. The lowest BCUT2D eigenvalue weighted by molar-refractivity contribution is -0.147. The van der Waals surface area contributed by atoms with Crippen molar-refractivity contribution in [2.45, 2.75) is 38.8 Å². The fraction of sp³-hybridized carbons (Fsp3) is 0.818. The van der Waals surface area contributed by atoms with Crippen LogP contribution in [0.4, 0.5) is 0 Å². The number of esters is 1. The topological polar surface area (TPSA) is 72.6 Å². The van der Waals surface area contributed by atoms with Crippen LogP contribution in [0.2, 0.25) is 0 Å². The monoisotopic (exact) mass is 228 g/mol. The molecule has 0 aromatic carbocycles. The van der Waals surface area contributed by atoms with E-state index in [2.05, 4.69) is 0 Å². The minimum absolute atomic E-state index is 0.0209. The molecule has 1 rings (SSSR count). The van der Waals surface area contributed by atoms with Crippen molar-refractivity contribution in [2.24, 2.45) is 11.7 Å². The lowest BCUT2D eigenvalue weighted by Gasteiger charge is -2.31. The van der Waals surface area contributed by atoms with Gasteiger partial charge in [0.2, 0.25) is 5.91 Å². The Balaban J connectivity index is 2.69. The summed E-state index contributed by atoms with van der Waals surface area (Å²) in [6, 6.07) is -0.255. The van der Waals surface area contributed by atoms with Crippen LogP contribution in [0.3, 0.4) is 0 Å². The molecule has 1 saturated heterocycles. The molecule has 0 radical (unpaired) electrons. The number of hydrogen-bond acceptors (Lipinski definition) is 4. The summed E-state index contributed by atoms with van der Waals surface area (Å²) in [6.45, 7) is 4.56. The zero-order chi connectivity index (χ0) is 12.3. The molecule has 1 amide bonds. The first-order valence-corrected chi connectivity index (χ1v) is 5.62. The third kappa shape index (κ3) is 2.52. The Morgan fingerprint density at radius 2 is 2.06 bits per heavy atom. The van der Waals surface area contributed by atoms with E-state index in [0.29, 0.717) is 0 Å². The second-order valence-corrected chi connectivity index (χ2v) is 4.35. The zero-order valence-corrected chi connectivity index (χ0v) is 10.1. The molecule has 0 saturated carbocycles. The molecule has 1 aliphatic rings. The van der Waals surface area contributed by atoms with Crippen molar-refractivity contribution in [1.29, 1.82) is 0 Å². The van der Waals surface area contributed by atoms with Crippen molar-refractivity contribution in [2.75, 3.05) is 13.7 Å². The number of ether oxygens (including phenoxy) is 1. The summed E-state index contributed by atoms with van der Waals surface area (Å²) in [5.41, 5.74) is 5.34. The van der Waals surface area contributed by atoms with E-state index in [1.54, 1.807) is 0 Å². The van der Waals surface area contributed by atoms with Crippen molar-refractivity contribution in [1.82, 2.24) is 4.90 Å². The van der Waals surface area contributed by atoms with Gasteiger partial charge >= 0.3 is 5.97 Å². The SMILES string of the molecule is COC(=O)C(C)C(C)N1CCCC1C(N)=O. The van der Waals surface area contributed by atoms with Crippen LogP contribution < -0.4 is 5.73 Å². The van der Waals surface area contributed by atoms with Gasteiger partial charge in [-0.2, -0.15) is 0 Å². The molecule has 2 N–H and O–H groups in total. The summed E-state index contributed by atoms with van der Waals surface area (Å²) < 4.78 is 4.71. The Hall–Kier alpha value is -1.10. The average molecular weight is 228 g/mol. The van der Waals surface area contributed by atoms with Gasteiger partial charge in [0.15, 0.2) is 0 Å². The second kappa shape index (κ2) is 5.30. The van der Waals surface area contributed by atoms with E-state index >= 15 is 0 Å². The number of carbonyl (C=O) groups excluding carboxylic acids is 2. The number of hydrogen-bond donors (Lipinski definition) is 1. The highest BCUT2D eigenvalue weighted by Crippen LogP contribution is 2.23. The molecular weight excluding hydrogens is 208 g/mol. The minimum Gasteiger partial charge on any atom is -0.469 e. The first-order chi connectivity index (χ1) is 7.49. The summed E-state index contributed by atoms with van der Waals surface area (Å²) in [4.78, 5) is 24.7. The summed E-state index contributed by atoms with van der Waals surface area (Å²) in [7, 11) is 1.38. The number of rotatable bonds is 4. The van der Waals surface area contributed by atoms with Crippen LogP contribution in [0.5, 0.6) is 0 Å². The second-order valence-electron chi connectivity index (χ2n) is 4.35. The van der Waals surface area contributed by atoms with E-state index < -0.39 is 0 Å². The molecule has 0 spiro atoms. The van der Waals surface area contributed by atoms with Gasteiger partial charge in [0.25, 0.3) is 0 Å². The highest BCUT2D eigenvalue weighted by atomic mass is 16.5. The largest absolute Gasteiger partial charge is 0.469 e. The van der Waals surface area contributed by atoms with Crippen LogP contribution >= 0.6 is 0 Å². The van der Waals surface area contributed by atoms with Crippen LogP contribution in [0.15, 0.2) is 0 Å². The lowest BCUT2D eigenvalue weighted by atomic mass is 10.0. The summed E-state index contributed by atoms with van der Waals surface area (Å²) in [6.07, 6.45) is 1.74. The Morgan fingerprint density at radius 1 is 1.44 bits per heavy atom. The number of primary amides is 1. The standard InChI is InChI=1S/C11H20N2O3/c1-7(11(15)16-3)8(2)13-6-4-5-9(13)10(12)14/h7-9H,4-6H2,1-3H3,(H2,12,14). The Bertz CT molecular complexity index is 280. The maximum absolute atomic E-state index is 11.4. The zero-order valence-electron chi connectivity index (χ0n) is 10.1. The number of likely N-dealkylation sites (tertiary alicyclic amines) is 1. The maximum Gasteiger partial charge on any atom is 0.309 e. The molecule has 5 heteroatoms. The molecule has 92 valence electrons. The van der Waals surface area contributed by atoms with E-state index in [0.717, 1.165) is 19.4 Å². The Labute approximate surface area is 95.9 Å². The van der Waals surface area contributed by atoms with Crippen LogP contribution in [0, 0.1) is 5.92 Å². The van der Waals surface area contributed by atoms with E-state index in [-0.39, 0.29) is 29.9 Å². The highest BCUT2D eigenvalue weighted by molar-refractivity contribution is 5.80. The quantitative estimate of drug-likeness (QED) is 0.694. The van der Waals surface area contributed by atoms with E-state index in [1.807, 2.05) is 18.7 Å². The summed E-state index contributed by atoms with van der Waals surface area (Å²) in [5.74, 6) is -0.797. The molecule has 3 unspecified atom stereocenters. The number of carbonyl (C=O) groups is 2. The third-order valence-corrected chi connectivity index (χ3v) is 3.44. The van der Waals surface area contributed by atoms with Gasteiger partial charge in [0, 0.05) is 6.04 Å². The van der Waals surface area contributed by atoms with Crippen molar-refractivity contribution < 1.29 is 14.3 Å². The molecule has 5 nitrogen and oxygen atoms in total. The summed E-state index contributed by atoms with van der Waals surface area (Å²) >= 11 is 0. The van der Waals surface area contributed by atoms with E-state index in [1.165, 1.54) is 7.11 Å². The minimum atomic E-state index is -0.304. The molecule has 0 bridgehead atoms. The smallest absolute Gasteiger partial charge is 0.309 e. The van der Waals surface area contributed by atoms with Gasteiger partial charge in [-0.05, 0) is 26.3 Å². The normalized spacial score (nSPS) is 25.1. The Kier molecular flexibility index (Phi) is 4.29. The molecule has 0 aliphatic carbocycles. The number of nitrogens with zero attached hydrogens (tertiary/aromatic N) is 1. The highest BCUT2D eigenvalue weighted by Gasteiger charge is 2.36.